The molecule has 2 unspecified atom stereocenters. The lowest BCUT2D eigenvalue weighted by Gasteiger charge is -2.17. The number of aromatic nitrogens is 2. The molecule has 0 radical (unpaired) electrons. The molecule has 0 bridgehead atoms. The highest BCUT2D eigenvalue weighted by Gasteiger charge is 2.14. The highest BCUT2D eigenvalue weighted by Crippen LogP contribution is 2.06. The average molecular weight is 239 g/mol. The smallest absolute Gasteiger partial charge is 0.254 e. The van der Waals surface area contributed by atoms with Crippen molar-refractivity contribution in [2.45, 2.75) is 39.8 Å². The van der Waals surface area contributed by atoms with Crippen molar-refractivity contribution in [3.63, 3.8) is 0 Å². The van der Waals surface area contributed by atoms with E-state index in [-0.39, 0.29) is 18.4 Å². The lowest BCUT2D eigenvalue weighted by Crippen LogP contribution is -2.35. The number of hydrogen-bond acceptors (Lipinski definition) is 3. The van der Waals surface area contributed by atoms with Crippen molar-refractivity contribution in [2.75, 3.05) is 6.54 Å². The minimum absolute atomic E-state index is 0.188. The molecule has 17 heavy (non-hydrogen) atoms. The second-order valence-corrected chi connectivity index (χ2v) is 4.25. The summed E-state index contributed by atoms with van der Waals surface area (Å²) >= 11 is 0. The standard InChI is InChI=1S/C12H21N3O2/c1-4-9(3)11(16)7-13-12(17)10-6-14-15(5-2)8-10/h6,8-9,11,16H,4-5,7H2,1-3H3,(H,13,17). The van der Waals surface area contributed by atoms with Gasteiger partial charge in [0.05, 0.1) is 17.9 Å². The Morgan fingerprint density at radius 1 is 1.59 bits per heavy atom. The second-order valence-electron chi connectivity index (χ2n) is 4.25. The quantitative estimate of drug-likeness (QED) is 0.779. The van der Waals surface area contributed by atoms with Crippen molar-refractivity contribution in [2.24, 2.45) is 5.92 Å². The Bertz CT molecular complexity index is 362. The van der Waals surface area contributed by atoms with Gasteiger partial charge in [-0.25, -0.2) is 0 Å². The summed E-state index contributed by atoms with van der Waals surface area (Å²) in [5.74, 6) is 0.000665. The van der Waals surface area contributed by atoms with E-state index in [2.05, 4.69) is 10.4 Å². The first kappa shape index (κ1) is 13.7. The number of hydrogen-bond donors (Lipinski definition) is 2. The summed E-state index contributed by atoms with van der Waals surface area (Å²) < 4.78 is 1.69. The number of aliphatic hydroxyl groups excluding tert-OH is 1. The molecule has 0 aliphatic carbocycles. The number of aliphatic hydroxyl groups is 1. The largest absolute Gasteiger partial charge is 0.391 e. The van der Waals surface area contributed by atoms with E-state index in [0.717, 1.165) is 13.0 Å². The molecule has 0 spiro atoms. The Morgan fingerprint density at radius 2 is 2.29 bits per heavy atom. The van der Waals surface area contributed by atoms with Gasteiger partial charge in [0.1, 0.15) is 0 Å². The highest BCUT2D eigenvalue weighted by molar-refractivity contribution is 5.93. The summed E-state index contributed by atoms with van der Waals surface area (Å²) in [5.41, 5.74) is 0.531. The molecule has 0 fully saturated rings. The lowest BCUT2D eigenvalue weighted by atomic mass is 10.0. The minimum atomic E-state index is -0.495. The van der Waals surface area contributed by atoms with Gasteiger partial charge in [0.15, 0.2) is 0 Å². The normalized spacial score (nSPS) is 14.4. The molecular formula is C12H21N3O2. The fraction of sp³-hybridized carbons (Fsp3) is 0.667. The lowest BCUT2D eigenvalue weighted by molar-refractivity contribution is 0.0850. The van der Waals surface area contributed by atoms with Crippen molar-refractivity contribution >= 4 is 5.91 Å². The van der Waals surface area contributed by atoms with E-state index in [0.29, 0.717) is 5.56 Å². The Balaban J connectivity index is 2.44. The molecule has 96 valence electrons. The summed E-state index contributed by atoms with van der Waals surface area (Å²) in [4.78, 5) is 11.7. The van der Waals surface area contributed by atoms with Crippen LogP contribution < -0.4 is 5.32 Å². The second kappa shape index (κ2) is 6.39. The van der Waals surface area contributed by atoms with Gasteiger partial charge < -0.3 is 10.4 Å². The Labute approximate surface area is 102 Å². The summed E-state index contributed by atoms with van der Waals surface area (Å²) in [7, 11) is 0. The first-order chi connectivity index (χ1) is 8.08. The van der Waals surface area contributed by atoms with Crippen LogP contribution in [-0.2, 0) is 6.54 Å². The van der Waals surface area contributed by atoms with Gasteiger partial charge in [0.2, 0.25) is 0 Å². The van der Waals surface area contributed by atoms with Gasteiger partial charge in [-0.2, -0.15) is 5.10 Å². The van der Waals surface area contributed by atoms with Gasteiger partial charge >= 0.3 is 0 Å². The maximum absolute atomic E-state index is 11.7. The molecule has 2 atom stereocenters. The van der Waals surface area contributed by atoms with E-state index >= 15 is 0 Å². The van der Waals surface area contributed by atoms with Gasteiger partial charge in [0, 0.05) is 19.3 Å². The van der Waals surface area contributed by atoms with Crippen molar-refractivity contribution in [3.05, 3.63) is 18.0 Å². The van der Waals surface area contributed by atoms with Crippen molar-refractivity contribution in [1.82, 2.24) is 15.1 Å². The molecule has 1 heterocycles. The molecular weight excluding hydrogens is 218 g/mol. The van der Waals surface area contributed by atoms with E-state index in [1.54, 1.807) is 10.9 Å². The fourth-order valence-electron chi connectivity index (χ4n) is 1.43. The summed E-state index contributed by atoms with van der Waals surface area (Å²) in [6.07, 6.45) is 3.63. The third kappa shape index (κ3) is 3.85. The van der Waals surface area contributed by atoms with E-state index in [9.17, 15) is 9.90 Å². The van der Waals surface area contributed by atoms with Crippen LogP contribution in [0.4, 0.5) is 0 Å². The zero-order chi connectivity index (χ0) is 12.8. The van der Waals surface area contributed by atoms with Crippen molar-refractivity contribution in [3.8, 4) is 0 Å². The van der Waals surface area contributed by atoms with Crippen LogP contribution in [0.25, 0.3) is 0 Å². The van der Waals surface area contributed by atoms with Crippen LogP contribution in [0.15, 0.2) is 12.4 Å². The first-order valence-electron chi connectivity index (χ1n) is 6.07. The van der Waals surface area contributed by atoms with Crippen LogP contribution in [0.3, 0.4) is 0 Å². The van der Waals surface area contributed by atoms with E-state index in [4.69, 9.17) is 0 Å². The van der Waals surface area contributed by atoms with Gasteiger partial charge in [-0.15, -0.1) is 0 Å². The molecule has 0 aliphatic heterocycles. The summed E-state index contributed by atoms with van der Waals surface area (Å²) in [6, 6.07) is 0. The van der Waals surface area contributed by atoms with Crippen LogP contribution >= 0.6 is 0 Å². The summed E-state index contributed by atoms with van der Waals surface area (Å²) in [5, 5.41) is 16.5. The topological polar surface area (TPSA) is 67.2 Å². The van der Waals surface area contributed by atoms with Gasteiger partial charge in [-0.1, -0.05) is 20.3 Å². The third-order valence-corrected chi connectivity index (χ3v) is 2.99. The molecule has 0 aliphatic rings. The van der Waals surface area contributed by atoms with Gasteiger partial charge in [-0.3, -0.25) is 9.48 Å². The Hall–Kier alpha value is -1.36. The molecule has 1 rings (SSSR count). The number of rotatable bonds is 6. The molecule has 0 aromatic carbocycles. The number of amides is 1. The van der Waals surface area contributed by atoms with E-state index in [1.165, 1.54) is 6.20 Å². The van der Waals surface area contributed by atoms with Crippen molar-refractivity contribution < 1.29 is 9.90 Å². The molecule has 2 N–H and O–H groups in total. The Kier molecular flexibility index (Phi) is 5.15. The molecule has 0 saturated heterocycles. The maximum atomic E-state index is 11.7. The predicted octanol–water partition coefficient (Wildman–Crippen LogP) is 1.04. The zero-order valence-electron chi connectivity index (χ0n) is 10.7. The molecule has 1 aromatic rings. The molecule has 5 nitrogen and oxygen atoms in total. The summed E-state index contributed by atoms with van der Waals surface area (Å²) in [6.45, 7) is 6.96. The monoisotopic (exact) mass is 239 g/mol. The number of nitrogens with one attached hydrogen (secondary N) is 1. The highest BCUT2D eigenvalue weighted by atomic mass is 16.3. The van der Waals surface area contributed by atoms with Crippen molar-refractivity contribution in [1.29, 1.82) is 0 Å². The maximum Gasteiger partial charge on any atom is 0.254 e. The SMILES string of the molecule is CCC(C)C(O)CNC(=O)c1cnn(CC)c1. The number of carbonyl (C=O) groups excluding carboxylic acids is 1. The third-order valence-electron chi connectivity index (χ3n) is 2.99. The average Bonchev–Trinajstić information content (AvgIpc) is 2.83. The van der Waals surface area contributed by atoms with Crippen LogP contribution in [0.5, 0.6) is 0 Å². The van der Waals surface area contributed by atoms with Gasteiger partial charge in [0.25, 0.3) is 5.91 Å². The Morgan fingerprint density at radius 3 is 2.82 bits per heavy atom. The molecule has 1 aromatic heterocycles. The first-order valence-corrected chi connectivity index (χ1v) is 6.07. The molecule has 5 heteroatoms. The fourth-order valence-corrected chi connectivity index (χ4v) is 1.43. The van der Waals surface area contributed by atoms with Crippen LogP contribution in [0.1, 0.15) is 37.6 Å². The zero-order valence-corrected chi connectivity index (χ0v) is 10.7. The van der Waals surface area contributed by atoms with Crippen LogP contribution in [-0.4, -0.2) is 33.4 Å². The molecule has 0 saturated carbocycles. The van der Waals surface area contributed by atoms with Gasteiger partial charge in [-0.05, 0) is 12.8 Å². The number of aryl methyl sites for hydroxylation is 1. The van der Waals surface area contributed by atoms with E-state index < -0.39 is 6.10 Å². The molecule has 1 amide bonds. The van der Waals surface area contributed by atoms with Crippen LogP contribution in [0.2, 0.25) is 0 Å². The predicted molar refractivity (Wildman–Crippen MR) is 65.7 cm³/mol. The minimum Gasteiger partial charge on any atom is -0.391 e. The van der Waals surface area contributed by atoms with Crippen LogP contribution in [0, 0.1) is 5.92 Å². The number of carbonyl (C=O) groups is 1. The van der Waals surface area contributed by atoms with E-state index in [1.807, 2.05) is 20.8 Å². The number of nitrogens with zero attached hydrogens (tertiary/aromatic N) is 2.